The predicted octanol–water partition coefficient (Wildman–Crippen LogP) is 0.234. The maximum atomic E-state index is 12.6. The monoisotopic (exact) mass is 269 g/mol. The maximum absolute atomic E-state index is 12.6. The van der Waals surface area contributed by atoms with Crippen LogP contribution in [0.25, 0.3) is 5.69 Å². The van der Waals surface area contributed by atoms with Gasteiger partial charge in [-0.05, 0) is 12.1 Å². The van der Waals surface area contributed by atoms with E-state index in [0.29, 0.717) is 5.69 Å². The molecule has 0 radical (unpaired) electrons. The van der Waals surface area contributed by atoms with Crippen molar-refractivity contribution < 1.29 is 4.74 Å². The van der Waals surface area contributed by atoms with Gasteiger partial charge in [-0.3, -0.25) is 0 Å². The van der Waals surface area contributed by atoms with E-state index in [4.69, 9.17) is 4.74 Å². The Morgan fingerprint density at radius 3 is 1.95 bits per heavy atom. The number of nitrogens with zero attached hydrogens (tertiary/aromatic N) is 3. The van der Waals surface area contributed by atoms with Gasteiger partial charge in [0.1, 0.15) is 24.3 Å². The molecular formula is C14H11N3O3. The summed E-state index contributed by atoms with van der Waals surface area (Å²) in [6, 6.07) is 8.71. The first-order valence-electron chi connectivity index (χ1n) is 6.62. The van der Waals surface area contributed by atoms with Crippen LogP contribution in [0.4, 0.5) is 0 Å². The Morgan fingerprint density at radius 2 is 1.40 bits per heavy atom. The minimum absolute atomic E-state index is 0.0497. The molecule has 6 nitrogen and oxygen atoms in total. The summed E-state index contributed by atoms with van der Waals surface area (Å²) in [7, 11) is 0. The summed E-state index contributed by atoms with van der Waals surface area (Å²) in [5, 5.41) is 0. The summed E-state index contributed by atoms with van der Waals surface area (Å²) in [6.07, 6.45) is 4.03. The molecule has 0 spiro atoms. The molecule has 3 aliphatic heterocycles. The van der Waals surface area contributed by atoms with Crippen molar-refractivity contribution in [3.63, 3.8) is 0 Å². The molecule has 1 fully saturated rings. The van der Waals surface area contributed by atoms with Crippen molar-refractivity contribution in [3.8, 4) is 5.69 Å². The van der Waals surface area contributed by atoms with E-state index in [1.165, 1.54) is 13.9 Å². The Labute approximate surface area is 113 Å². The van der Waals surface area contributed by atoms with E-state index in [0.717, 1.165) is 0 Å². The summed E-state index contributed by atoms with van der Waals surface area (Å²) in [4.78, 5) is 25.2. The van der Waals surface area contributed by atoms with Gasteiger partial charge in [-0.25, -0.2) is 23.5 Å². The molecule has 2 bridgehead atoms. The van der Waals surface area contributed by atoms with Crippen molar-refractivity contribution in [1.29, 1.82) is 0 Å². The number of rotatable bonds is 1. The fourth-order valence-corrected chi connectivity index (χ4v) is 3.39. The summed E-state index contributed by atoms with van der Waals surface area (Å²) >= 11 is 0. The zero-order valence-corrected chi connectivity index (χ0v) is 10.4. The van der Waals surface area contributed by atoms with Gasteiger partial charge >= 0.3 is 11.4 Å². The van der Waals surface area contributed by atoms with Crippen molar-refractivity contribution >= 4 is 0 Å². The molecule has 0 amide bonds. The first kappa shape index (κ1) is 10.4. The van der Waals surface area contributed by atoms with Gasteiger partial charge in [0, 0.05) is 0 Å². The molecular weight excluding hydrogens is 258 g/mol. The van der Waals surface area contributed by atoms with Crippen LogP contribution in [0.5, 0.6) is 0 Å². The zero-order chi connectivity index (χ0) is 13.4. The van der Waals surface area contributed by atoms with E-state index in [9.17, 15) is 9.59 Å². The SMILES string of the molecule is O=c1n(-c2ccccc2)c(=O)n2n1C1C=CC2C2OC21. The highest BCUT2D eigenvalue weighted by Gasteiger charge is 2.58. The number of hydrogen-bond acceptors (Lipinski definition) is 3. The van der Waals surface area contributed by atoms with Crippen LogP contribution in [0.3, 0.4) is 0 Å². The molecule has 0 N–H and O–H groups in total. The van der Waals surface area contributed by atoms with Crippen molar-refractivity contribution in [1.82, 2.24) is 13.9 Å². The Bertz CT molecular complexity index is 809. The summed E-state index contributed by atoms with van der Waals surface area (Å²) in [6.45, 7) is 0. The van der Waals surface area contributed by atoms with Gasteiger partial charge in [0.2, 0.25) is 0 Å². The van der Waals surface area contributed by atoms with Crippen LogP contribution in [-0.2, 0) is 4.74 Å². The van der Waals surface area contributed by atoms with Gasteiger partial charge in [-0.2, -0.15) is 0 Å². The van der Waals surface area contributed by atoms with Gasteiger partial charge in [-0.1, -0.05) is 30.4 Å². The lowest BCUT2D eigenvalue weighted by molar-refractivity contribution is 0.297. The number of benzene rings is 1. The van der Waals surface area contributed by atoms with Gasteiger partial charge in [0.25, 0.3) is 0 Å². The highest BCUT2D eigenvalue weighted by Crippen LogP contribution is 2.47. The van der Waals surface area contributed by atoms with E-state index >= 15 is 0 Å². The third-order valence-electron chi connectivity index (χ3n) is 4.33. The van der Waals surface area contributed by atoms with Crippen LogP contribution in [0.2, 0.25) is 0 Å². The molecule has 6 heteroatoms. The van der Waals surface area contributed by atoms with E-state index in [1.807, 2.05) is 30.4 Å². The second kappa shape index (κ2) is 3.21. The van der Waals surface area contributed by atoms with Crippen LogP contribution in [0.15, 0.2) is 52.1 Å². The number of aromatic nitrogens is 3. The Balaban J connectivity index is 1.84. The number of para-hydroxylation sites is 1. The van der Waals surface area contributed by atoms with Gasteiger partial charge < -0.3 is 4.74 Å². The van der Waals surface area contributed by atoms with Crippen LogP contribution in [0, 0.1) is 0 Å². The largest absolute Gasteiger partial charge is 0.364 e. The zero-order valence-electron chi connectivity index (χ0n) is 10.4. The fraction of sp³-hybridized carbons (Fsp3) is 0.286. The Morgan fingerprint density at radius 1 is 0.850 bits per heavy atom. The van der Waals surface area contributed by atoms with E-state index in [1.54, 1.807) is 12.1 Å². The highest BCUT2D eigenvalue weighted by atomic mass is 16.6. The van der Waals surface area contributed by atoms with Gasteiger partial charge in [0.05, 0.1) is 5.69 Å². The predicted molar refractivity (Wildman–Crippen MR) is 70.2 cm³/mol. The average molecular weight is 269 g/mol. The summed E-state index contributed by atoms with van der Waals surface area (Å²) in [5.74, 6) is 0. The molecule has 1 aromatic heterocycles. The summed E-state index contributed by atoms with van der Waals surface area (Å²) < 4.78 is 9.88. The van der Waals surface area contributed by atoms with Crippen LogP contribution >= 0.6 is 0 Å². The lowest BCUT2D eigenvalue weighted by Gasteiger charge is -2.29. The Hall–Kier alpha value is -2.34. The molecule has 20 heavy (non-hydrogen) atoms. The van der Waals surface area contributed by atoms with Crippen molar-refractivity contribution in [2.75, 3.05) is 0 Å². The third-order valence-corrected chi connectivity index (χ3v) is 4.33. The molecule has 4 unspecified atom stereocenters. The minimum Gasteiger partial charge on any atom is -0.364 e. The van der Waals surface area contributed by atoms with Crippen LogP contribution in [0.1, 0.15) is 12.1 Å². The van der Waals surface area contributed by atoms with Gasteiger partial charge in [-0.15, -0.1) is 0 Å². The molecule has 4 atom stereocenters. The molecule has 100 valence electrons. The third kappa shape index (κ3) is 1.05. The molecule has 0 saturated carbocycles. The second-order valence-electron chi connectivity index (χ2n) is 5.36. The standard InChI is InChI=1S/C14H11N3O3/c18-13-15(8-4-2-1-3-5-8)14(19)17-10-7-6-9(16(13)17)11-12(10)20-11/h1-7,9-12H. The number of epoxide rings is 1. The molecule has 1 aliphatic carbocycles. The van der Waals surface area contributed by atoms with Gasteiger partial charge in [0.15, 0.2) is 0 Å². The normalized spacial score (nSPS) is 32.0. The van der Waals surface area contributed by atoms with Crippen molar-refractivity contribution in [2.45, 2.75) is 24.3 Å². The van der Waals surface area contributed by atoms with Crippen LogP contribution < -0.4 is 11.4 Å². The topological polar surface area (TPSA) is 61.5 Å². The molecule has 2 aromatic rings. The number of hydrogen-bond donors (Lipinski definition) is 0. The lowest BCUT2D eigenvalue weighted by atomic mass is 9.96. The maximum Gasteiger partial charge on any atom is 0.352 e. The highest BCUT2D eigenvalue weighted by molar-refractivity contribution is 5.32. The Kier molecular flexibility index (Phi) is 1.68. The second-order valence-corrected chi connectivity index (χ2v) is 5.36. The first-order chi connectivity index (χ1) is 9.77. The molecule has 4 aliphatic rings. The van der Waals surface area contributed by atoms with E-state index < -0.39 is 0 Å². The quantitative estimate of drug-likeness (QED) is 0.550. The fourth-order valence-electron chi connectivity index (χ4n) is 3.39. The lowest BCUT2D eigenvalue weighted by Crippen LogP contribution is -2.43. The smallest absolute Gasteiger partial charge is 0.352 e. The van der Waals surface area contributed by atoms with Crippen molar-refractivity contribution in [3.05, 3.63) is 63.5 Å². The average Bonchev–Trinajstić information content (AvgIpc) is 3.25. The van der Waals surface area contributed by atoms with Crippen LogP contribution in [-0.4, -0.2) is 26.1 Å². The first-order valence-corrected chi connectivity index (χ1v) is 6.62. The molecule has 6 rings (SSSR count). The molecule has 4 heterocycles. The molecule has 1 aromatic carbocycles. The summed E-state index contributed by atoms with van der Waals surface area (Å²) in [5.41, 5.74) is 0.00916. The molecule has 1 saturated heterocycles. The van der Waals surface area contributed by atoms with E-state index in [-0.39, 0.29) is 35.7 Å². The number of ether oxygens (including phenoxy) is 1. The van der Waals surface area contributed by atoms with Crippen molar-refractivity contribution in [2.24, 2.45) is 0 Å². The minimum atomic E-state index is -0.297. The van der Waals surface area contributed by atoms with E-state index in [2.05, 4.69) is 0 Å².